The fourth-order valence-corrected chi connectivity index (χ4v) is 2.96. The lowest BCUT2D eigenvalue weighted by Gasteiger charge is -2.13. The van der Waals surface area contributed by atoms with E-state index in [1.807, 2.05) is 0 Å². The standard InChI is InChI=1S/C9H16BNO4/c12-7(13)9-6-8(9,3-5-11-9)2-1-4-10(14)15/h11,14-15H,1-6H2,(H,12,13)/t8-,9-/m1/s1. The Morgan fingerprint density at radius 1 is 1.47 bits per heavy atom. The van der Waals surface area contributed by atoms with Gasteiger partial charge in [0.15, 0.2) is 0 Å². The fourth-order valence-electron chi connectivity index (χ4n) is 2.96. The highest BCUT2D eigenvalue weighted by Crippen LogP contribution is 2.64. The van der Waals surface area contributed by atoms with E-state index in [9.17, 15) is 4.79 Å². The number of carbonyl (C=O) groups is 1. The van der Waals surface area contributed by atoms with Gasteiger partial charge in [-0.2, -0.15) is 0 Å². The molecule has 2 fully saturated rings. The van der Waals surface area contributed by atoms with Crippen LogP contribution >= 0.6 is 0 Å². The molecule has 2 atom stereocenters. The molecule has 4 N–H and O–H groups in total. The number of carboxylic acid groups (broad SMARTS) is 1. The summed E-state index contributed by atoms with van der Waals surface area (Å²) in [6, 6.07) is 0. The molecule has 0 aromatic rings. The zero-order chi connectivity index (χ0) is 11.1. The van der Waals surface area contributed by atoms with E-state index < -0.39 is 18.6 Å². The molecule has 1 aliphatic carbocycles. The summed E-state index contributed by atoms with van der Waals surface area (Å²) in [6.45, 7) is 0.758. The number of fused-ring (bicyclic) bond motifs is 1. The quantitative estimate of drug-likeness (QED) is 0.460. The molecule has 2 rings (SSSR count). The summed E-state index contributed by atoms with van der Waals surface area (Å²) in [4.78, 5) is 11.1. The van der Waals surface area contributed by atoms with Crippen molar-refractivity contribution < 1.29 is 19.9 Å². The molecule has 15 heavy (non-hydrogen) atoms. The van der Waals surface area contributed by atoms with E-state index in [2.05, 4.69) is 5.32 Å². The molecule has 0 unspecified atom stereocenters. The minimum absolute atomic E-state index is 0.117. The second-order valence-corrected chi connectivity index (χ2v) is 4.72. The lowest BCUT2D eigenvalue weighted by atomic mass is 9.80. The van der Waals surface area contributed by atoms with Gasteiger partial charge in [0.2, 0.25) is 0 Å². The van der Waals surface area contributed by atoms with Gasteiger partial charge in [-0.15, -0.1) is 0 Å². The Morgan fingerprint density at radius 3 is 2.73 bits per heavy atom. The highest BCUT2D eigenvalue weighted by molar-refractivity contribution is 6.40. The minimum atomic E-state index is -1.27. The predicted molar refractivity (Wildman–Crippen MR) is 54.3 cm³/mol. The van der Waals surface area contributed by atoms with Crippen LogP contribution in [0.1, 0.15) is 25.7 Å². The highest BCUT2D eigenvalue weighted by Gasteiger charge is 2.73. The largest absolute Gasteiger partial charge is 0.480 e. The molecule has 1 saturated heterocycles. The molecule has 0 bridgehead atoms. The Morgan fingerprint density at radius 2 is 2.20 bits per heavy atom. The van der Waals surface area contributed by atoms with Crippen molar-refractivity contribution in [3.05, 3.63) is 0 Å². The first-order chi connectivity index (χ1) is 7.02. The number of hydrogen-bond acceptors (Lipinski definition) is 4. The third kappa shape index (κ3) is 1.57. The normalized spacial score (nSPS) is 37.5. The molecular weight excluding hydrogens is 197 g/mol. The summed E-state index contributed by atoms with van der Waals surface area (Å²) in [5.41, 5.74) is -0.818. The molecule has 1 heterocycles. The monoisotopic (exact) mass is 213 g/mol. The van der Waals surface area contributed by atoms with E-state index in [0.29, 0.717) is 19.2 Å². The Hall–Kier alpha value is -0.585. The van der Waals surface area contributed by atoms with E-state index in [1.54, 1.807) is 0 Å². The highest BCUT2D eigenvalue weighted by atomic mass is 16.4. The van der Waals surface area contributed by atoms with Gasteiger partial charge in [0.05, 0.1) is 0 Å². The van der Waals surface area contributed by atoms with Gasteiger partial charge >= 0.3 is 13.1 Å². The Kier molecular flexibility index (Phi) is 2.52. The van der Waals surface area contributed by atoms with E-state index in [0.717, 1.165) is 19.4 Å². The minimum Gasteiger partial charge on any atom is -0.480 e. The van der Waals surface area contributed by atoms with E-state index in [4.69, 9.17) is 15.2 Å². The van der Waals surface area contributed by atoms with Gasteiger partial charge in [-0.1, -0.05) is 6.42 Å². The van der Waals surface area contributed by atoms with Gasteiger partial charge in [-0.05, 0) is 32.1 Å². The molecule has 1 saturated carbocycles. The average Bonchev–Trinajstić information content (AvgIpc) is 2.64. The van der Waals surface area contributed by atoms with Crippen LogP contribution in [0, 0.1) is 5.41 Å². The average molecular weight is 213 g/mol. The maximum atomic E-state index is 11.1. The van der Waals surface area contributed by atoms with Crippen molar-refractivity contribution in [1.82, 2.24) is 5.32 Å². The molecule has 0 aromatic heterocycles. The molecule has 0 aromatic carbocycles. The van der Waals surface area contributed by atoms with Gasteiger partial charge in [0.1, 0.15) is 5.54 Å². The van der Waals surface area contributed by atoms with Crippen molar-refractivity contribution in [1.29, 1.82) is 0 Å². The van der Waals surface area contributed by atoms with Crippen LogP contribution in [0.15, 0.2) is 0 Å². The van der Waals surface area contributed by atoms with Crippen LogP contribution in [0.3, 0.4) is 0 Å². The number of hydrogen-bond donors (Lipinski definition) is 4. The molecule has 6 heteroatoms. The summed E-state index contributed by atoms with van der Waals surface area (Å²) in [5.74, 6) is -0.760. The smallest absolute Gasteiger partial charge is 0.451 e. The van der Waals surface area contributed by atoms with Crippen LogP contribution in [-0.2, 0) is 4.79 Å². The Balaban J connectivity index is 1.90. The molecule has 0 spiro atoms. The van der Waals surface area contributed by atoms with Crippen molar-refractivity contribution in [3.63, 3.8) is 0 Å². The third-order valence-corrected chi connectivity index (χ3v) is 3.90. The number of carboxylic acids is 1. The Bertz CT molecular complexity index is 285. The lowest BCUT2D eigenvalue weighted by molar-refractivity contribution is -0.141. The summed E-state index contributed by atoms with van der Waals surface area (Å²) in [6.07, 6.45) is 3.35. The van der Waals surface area contributed by atoms with Gasteiger partial charge < -0.3 is 20.5 Å². The summed E-state index contributed by atoms with van der Waals surface area (Å²) in [7, 11) is -1.27. The lowest BCUT2D eigenvalue weighted by Crippen LogP contribution is -2.38. The van der Waals surface area contributed by atoms with Crippen molar-refractivity contribution in [2.24, 2.45) is 5.41 Å². The van der Waals surface area contributed by atoms with Crippen LogP contribution in [0.5, 0.6) is 0 Å². The SMILES string of the molecule is O=C(O)[C@]12C[C@@]1(CCCB(O)O)CCN2. The van der Waals surface area contributed by atoms with Crippen LogP contribution in [-0.4, -0.2) is 40.3 Å². The summed E-state index contributed by atoms with van der Waals surface area (Å²) < 4.78 is 0. The van der Waals surface area contributed by atoms with Crippen molar-refractivity contribution in [3.8, 4) is 0 Å². The van der Waals surface area contributed by atoms with Gasteiger partial charge in [0, 0.05) is 5.41 Å². The van der Waals surface area contributed by atoms with Gasteiger partial charge in [-0.25, -0.2) is 0 Å². The van der Waals surface area contributed by atoms with E-state index in [-0.39, 0.29) is 5.41 Å². The predicted octanol–water partition coefficient (Wildman–Crippen LogP) is -0.554. The first kappa shape index (κ1) is 10.9. The first-order valence-corrected chi connectivity index (χ1v) is 5.37. The number of rotatable bonds is 5. The van der Waals surface area contributed by atoms with Crippen molar-refractivity contribution in [2.45, 2.75) is 37.5 Å². The van der Waals surface area contributed by atoms with Crippen LogP contribution in [0.25, 0.3) is 0 Å². The molecule has 2 aliphatic rings. The maximum Gasteiger partial charge on any atom is 0.451 e. The van der Waals surface area contributed by atoms with Crippen LogP contribution < -0.4 is 5.32 Å². The topological polar surface area (TPSA) is 89.8 Å². The molecule has 5 nitrogen and oxygen atoms in total. The molecular formula is C9H16BNO4. The molecule has 0 amide bonds. The van der Waals surface area contributed by atoms with Gasteiger partial charge in [-0.3, -0.25) is 4.79 Å². The van der Waals surface area contributed by atoms with Gasteiger partial charge in [0.25, 0.3) is 0 Å². The number of piperidine rings is 1. The van der Waals surface area contributed by atoms with Crippen molar-refractivity contribution in [2.75, 3.05) is 6.54 Å². The van der Waals surface area contributed by atoms with Crippen LogP contribution in [0.2, 0.25) is 6.32 Å². The molecule has 0 radical (unpaired) electrons. The second kappa shape index (κ2) is 3.47. The number of aliphatic carboxylic acids is 1. The zero-order valence-electron chi connectivity index (χ0n) is 8.57. The fraction of sp³-hybridized carbons (Fsp3) is 0.889. The third-order valence-electron chi connectivity index (χ3n) is 3.90. The van der Waals surface area contributed by atoms with Crippen LogP contribution in [0.4, 0.5) is 0 Å². The molecule has 1 aliphatic heterocycles. The van der Waals surface area contributed by atoms with Crippen molar-refractivity contribution >= 4 is 13.1 Å². The first-order valence-electron chi connectivity index (χ1n) is 5.37. The second-order valence-electron chi connectivity index (χ2n) is 4.72. The summed E-state index contributed by atoms with van der Waals surface area (Å²) >= 11 is 0. The maximum absolute atomic E-state index is 11.1. The van der Waals surface area contributed by atoms with E-state index in [1.165, 1.54) is 0 Å². The Labute approximate surface area is 88.6 Å². The summed E-state index contributed by atoms with van der Waals surface area (Å²) in [5, 5.41) is 29.6. The zero-order valence-corrected chi connectivity index (χ0v) is 8.57. The number of nitrogens with one attached hydrogen (secondary N) is 1. The van der Waals surface area contributed by atoms with E-state index >= 15 is 0 Å². The molecule has 84 valence electrons.